The molecule has 0 aliphatic carbocycles. The van der Waals surface area contributed by atoms with E-state index in [9.17, 15) is 9.59 Å². The highest BCUT2D eigenvalue weighted by atomic mass is 16.2. The molecule has 2 aliphatic rings. The van der Waals surface area contributed by atoms with Crippen LogP contribution in [-0.4, -0.2) is 35.8 Å². The fourth-order valence-electron chi connectivity index (χ4n) is 2.55. The summed E-state index contributed by atoms with van der Waals surface area (Å²) < 4.78 is 0. The van der Waals surface area contributed by atoms with Crippen LogP contribution in [-0.2, 0) is 11.2 Å². The number of benzene rings is 1. The summed E-state index contributed by atoms with van der Waals surface area (Å²) in [7, 11) is 0. The maximum atomic E-state index is 12.4. The number of amidine groups is 1. The van der Waals surface area contributed by atoms with Gasteiger partial charge in [-0.05, 0) is 24.1 Å². The van der Waals surface area contributed by atoms with Crippen molar-refractivity contribution in [2.45, 2.75) is 12.8 Å². The number of rotatable bonds is 4. The lowest BCUT2D eigenvalue weighted by Gasteiger charge is -2.28. The highest BCUT2D eigenvalue weighted by Gasteiger charge is 2.30. The molecule has 0 saturated heterocycles. The third kappa shape index (κ3) is 2.65. The first-order valence-electron chi connectivity index (χ1n) is 7.02. The van der Waals surface area contributed by atoms with Crippen molar-refractivity contribution in [3.63, 3.8) is 0 Å². The Hall–Kier alpha value is -2.83. The molecule has 114 valence electrons. The fourth-order valence-corrected chi connectivity index (χ4v) is 2.55. The molecule has 3 rings (SSSR count). The van der Waals surface area contributed by atoms with E-state index in [0.717, 1.165) is 5.56 Å². The van der Waals surface area contributed by atoms with Gasteiger partial charge in [0.25, 0.3) is 5.91 Å². The van der Waals surface area contributed by atoms with Crippen molar-refractivity contribution >= 4 is 17.6 Å². The van der Waals surface area contributed by atoms with Gasteiger partial charge in [-0.1, -0.05) is 12.1 Å². The van der Waals surface area contributed by atoms with E-state index in [1.54, 1.807) is 17.0 Å². The smallest absolute Gasteiger partial charge is 0.255 e. The van der Waals surface area contributed by atoms with Crippen LogP contribution < -0.4 is 16.8 Å². The standard InChI is InChI=1S/C15H17N5O2/c16-12-7-11-14(19-12)18-8-20(15(11)22)6-5-9-1-3-10(4-2-9)13(17)21/h1-4,18H,5-8H2,(H2,16,19)(H2,17,21). The number of nitrogens with one attached hydrogen (secondary N) is 1. The van der Waals surface area contributed by atoms with Crippen LogP contribution in [0.25, 0.3) is 0 Å². The van der Waals surface area contributed by atoms with E-state index in [1.807, 2.05) is 12.1 Å². The van der Waals surface area contributed by atoms with E-state index < -0.39 is 5.91 Å². The van der Waals surface area contributed by atoms with Crippen LogP contribution in [0, 0.1) is 0 Å². The molecule has 22 heavy (non-hydrogen) atoms. The van der Waals surface area contributed by atoms with Crippen LogP contribution in [0.15, 0.2) is 40.7 Å². The number of hydrogen-bond donors (Lipinski definition) is 3. The van der Waals surface area contributed by atoms with Gasteiger partial charge in [-0.2, -0.15) is 0 Å². The van der Waals surface area contributed by atoms with E-state index in [4.69, 9.17) is 11.5 Å². The first kappa shape index (κ1) is 14.1. The van der Waals surface area contributed by atoms with Gasteiger partial charge in [0.05, 0.1) is 12.2 Å². The summed E-state index contributed by atoms with van der Waals surface area (Å²) in [5.41, 5.74) is 13.0. The molecule has 1 aromatic rings. The third-order valence-electron chi connectivity index (χ3n) is 3.79. The number of carbonyl (C=O) groups is 2. The number of hydrogen-bond acceptors (Lipinski definition) is 5. The van der Waals surface area contributed by atoms with Crippen LogP contribution in [0.5, 0.6) is 0 Å². The van der Waals surface area contributed by atoms with Crippen molar-refractivity contribution < 1.29 is 9.59 Å². The van der Waals surface area contributed by atoms with Crippen molar-refractivity contribution in [3.8, 4) is 0 Å². The van der Waals surface area contributed by atoms with Gasteiger partial charge in [0.2, 0.25) is 5.91 Å². The molecule has 0 spiro atoms. The minimum absolute atomic E-state index is 0.0216. The second kappa shape index (κ2) is 5.51. The monoisotopic (exact) mass is 299 g/mol. The maximum Gasteiger partial charge on any atom is 0.255 e. The lowest BCUT2D eigenvalue weighted by molar-refractivity contribution is -0.128. The van der Waals surface area contributed by atoms with Crippen LogP contribution in [0.1, 0.15) is 22.3 Å². The van der Waals surface area contributed by atoms with Crippen LogP contribution in [0.4, 0.5) is 0 Å². The second-order valence-electron chi connectivity index (χ2n) is 5.32. The number of carbonyl (C=O) groups excluding carboxylic acids is 2. The summed E-state index contributed by atoms with van der Waals surface area (Å²) in [6.45, 7) is 1.01. The van der Waals surface area contributed by atoms with Gasteiger partial charge in [-0.15, -0.1) is 0 Å². The van der Waals surface area contributed by atoms with Crippen LogP contribution >= 0.6 is 0 Å². The lowest BCUT2D eigenvalue weighted by Crippen LogP contribution is -2.44. The van der Waals surface area contributed by atoms with Crippen molar-refractivity contribution in [1.82, 2.24) is 10.2 Å². The molecular weight excluding hydrogens is 282 g/mol. The maximum absolute atomic E-state index is 12.4. The van der Waals surface area contributed by atoms with Gasteiger partial charge in [-0.3, -0.25) is 9.59 Å². The summed E-state index contributed by atoms with van der Waals surface area (Å²) >= 11 is 0. The molecule has 2 aliphatic heterocycles. The van der Waals surface area contributed by atoms with Crippen molar-refractivity contribution in [2.75, 3.05) is 13.2 Å². The van der Waals surface area contributed by atoms with Gasteiger partial charge >= 0.3 is 0 Å². The summed E-state index contributed by atoms with van der Waals surface area (Å²) in [5.74, 6) is 0.603. The topological polar surface area (TPSA) is 114 Å². The molecule has 2 amide bonds. The molecule has 5 N–H and O–H groups in total. The average molecular weight is 299 g/mol. The lowest BCUT2D eigenvalue weighted by atomic mass is 10.1. The Kier molecular flexibility index (Phi) is 3.54. The molecule has 2 heterocycles. The van der Waals surface area contributed by atoms with Gasteiger partial charge in [0, 0.05) is 18.5 Å². The Labute approximate surface area is 127 Å². The normalized spacial score (nSPS) is 17.2. The fraction of sp³-hybridized carbons (Fsp3) is 0.267. The highest BCUT2D eigenvalue weighted by molar-refractivity contribution is 6.03. The molecule has 0 saturated carbocycles. The number of nitrogens with zero attached hydrogens (tertiary/aromatic N) is 2. The second-order valence-corrected chi connectivity index (χ2v) is 5.32. The Bertz CT molecular complexity index is 690. The molecule has 0 radical (unpaired) electrons. The average Bonchev–Trinajstić information content (AvgIpc) is 2.88. The zero-order chi connectivity index (χ0) is 15.7. The zero-order valence-electron chi connectivity index (χ0n) is 12.0. The van der Waals surface area contributed by atoms with Gasteiger partial charge in [0.1, 0.15) is 11.7 Å². The van der Waals surface area contributed by atoms with Crippen LogP contribution in [0.3, 0.4) is 0 Å². The number of nitrogens with two attached hydrogens (primary N) is 2. The van der Waals surface area contributed by atoms with E-state index in [-0.39, 0.29) is 5.91 Å². The van der Waals surface area contributed by atoms with Crippen molar-refractivity contribution in [2.24, 2.45) is 16.5 Å². The first-order chi connectivity index (χ1) is 10.5. The molecule has 1 aromatic carbocycles. The van der Waals surface area contributed by atoms with E-state index >= 15 is 0 Å². The Morgan fingerprint density at radius 3 is 2.73 bits per heavy atom. The van der Waals surface area contributed by atoms with Gasteiger partial charge in [-0.25, -0.2) is 4.99 Å². The van der Waals surface area contributed by atoms with Gasteiger partial charge in [0.15, 0.2) is 0 Å². The quantitative estimate of drug-likeness (QED) is 0.707. The first-order valence-corrected chi connectivity index (χ1v) is 7.02. The summed E-state index contributed by atoms with van der Waals surface area (Å²) in [6, 6.07) is 7.09. The van der Waals surface area contributed by atoms with E-state index in [2.05, 4.69) is 10.3 Å². The molecule has 0 unspecified atom stereocenters. The summed E-state index contributed by atoms with van der Waals surface area (Å²) in [6.07, 6.45) is 1.11. The molecule has 7 heteroatoms. The number of primary amides is 1. The van der Waals surface area contributed by atoms with Crippen molar-refractivity contribution in [3.05, 3.63) is 46.8 Å². The molecule has 0 fully saturated rings. The molecule has 7 nitrogen and oxygen atoms in total. The summed E-state index contributed by atoms with van der Waals surface area (Å²) in [4.78, 5) is 29.2. The van der Waals surface area contributed by atoms with E-state index in [0.29, 0.717) is 48.8 Å². The molecule has 0 atom stereocenters. The molecular formula is C15H17N5O2. The highest BCUT2D eigenvalue weighted by Crippen LogP contribution is 2.22. The number of aliphatic imine (C=N–C) groups is 1. The Balaban J connectivity index is 1.61. The summed E-state index contributed by atoms with van der Waals surface area (Å²) in [5, 5.41) is 3.11. The SMILES string of the molecule is NC(=O)c1ccc(CCN2CNC3=C(CC(N)=N3)C2=O)cc1. The third-order valence-corrected chi connectivity index (χ3v) is 3.79. The predicted molar refractivity (Wildman–Crippen MR) is 81.6 cm³/mol. The Morgan fingerprint density at radius 1 is 1.32 bits per heavy atom. The molecule has 0 aromatic heterocycles. The molecule has 0 bridgehead atoms. The minimum atomic E-state index is -0.444. The number of amides is 2. The van der Waals surface area contributed by atoms with Crippen molar-refractivity contribution in [1.29, 1.82) is 0 Å². The predicted octanol–water partition coefficient (Wildman–Crippen LogP) is -0.310. The van der Waals surface area contributed by atoms with E-state index in [1.165, 1.54) is 0 Å². The minimum Gasteiger partial charge on any atom is -0.387 e. The van der Waals surface area contributed by atoms with Crippen LogP contribution in [0.2, 0.25) is 0 Å². The largest absolute Gasteiger partial charge is 0.387 e. The Morgan fingerprint density at radius 2 is 2.05 bits per heavy atom. The zero-order valence-corrected chi connectivity index (χ0v) is 12.0. The van der Waals surface area contributed by atoms with Gasteiger partial charge < -0.3 is 21.7 Å².